The molecule has 1 aliphatic rings. The molecule has 2 rings (SSSR count). The third kappa shape index (κ3) is 2.98. The maximum absolute atomic E-state index is 12.5. The molecule has 0 unspecified atom stereocenters. The van der Waals surface area contributed by atoms with E-state index in [1.54, 1.807) is 18.4 Å². The van der Waals surface area contributed by atoms with Crippen LogP contribution < -0.4 is 0 Å². The topological polar surface area (TPSA) is 42.4 Å². The molecular formula is C14H22N2O2S. The Morgan fingerprint density at radius 1 is 1.58 bits per heavy atom. The van der Waals surface area contributed by atoms with Crippen LogP contribution in [0.2, 0.25) is 0 Å². The van der Waals surface area contributed by atoms with Crippen molar-refractivity contribution in [3.8, 4) is 0 Å². The summed E-state index contributed by atoms with van der Waals surface area (Å²) >= 11 is 1.67. The summed E-state index contributed by atoms with van der Waals surface area (Å²) in [6.07, 6.45) is 3.95. The molecule has 1 amide bonds. The molecule has 1 fully saturated rings. The van der Waals surface area contributed by atoms with Gasteiger partial charge in [-0.3, -0.25) is 4.79 Å². The van der Waals surface area contributed by atoms with Crippen molar-refractivity contribution in [1.82, 2.24) is 9.88 Å². The molecule has 0 aromatic carbocycles. The van der Waals surface area contributed by atoms with Crippen molar-refractivity contribution in [1.29, 1.82) is 0 Å². The monoisotopic (exact) mass is 282 g/mol. The van der Waals surface area contributed by atoms with Crippen LogP contribution in [0.1, 0.15) is 29.8 Å². The van der Waals surface area contributed by atoms with E-state index in [4.69, 9.17) is 4.74 Å². The number of thiazole rings is 1. The van der Waals surface area contributed by atoms with Crippen molar-refractivity contribution in [3.63, 3.8) is 0 Å². The third-order valence-electron chi connectivity index (χ3n) is 4.05. The molecule has 5 heteroatoms. The van der Waals surface area contributed by atoms with Gasteiger partial charge in [0.05, 0.1) is 23.2 Å². The van der Waals surface area contributed by atoms with Crippen LogP contribution in [0.5, 0.6) is 0 Å². The number of hydrogen-bond acceptors (Lipinski definition) is 4. The minimum Gasteiger partial charge on any atom is -0.384 e. The minimum atomic E-state index is -0.244. The summed E-state index contributed by atoms with van der Waals surface area (Å²) in [6, 6.07) is 0. The van der Waals surface area contributed by atoms with Crippen LogP contribution in [0.25, 0.3) is 0 Å². The summed E-state index contributed by atoms with van der Waals surface area (Å²) in [6.45, 7) is 3.33. The average Bonchev–Trinajstić information content (AvgIpc) is 2.75. The Labute approximate surface area is 118 Å². The summed E-state index contributed by atoms with van der Waals surface area (Å²) < 4.78 is 5.23. The van der Waals surface area contributed by atoms with E-state index in [1.165, 1.54) is 4.88 Å². The zero-order valence-corrected chi connectivity index (χ0v) is 12.8. The van der Waals surface area contributed by atoms with Gasteiger partial charge < -0.3 is 9.64 Å². The number of ether oxygens (including phenoxy) is 1. The Hall–Kier alpha value is -0.940. The molecule has 0 bridgehead atoms. The lowest BCUT2D eigenvalue weighted by Crippen LogP contribution is -2.49. The lowest BCUT2D eigenvalue weighted by atomic mass is 9.68. The first-order valence-corrected chi connectivity index (χ1v) is 7.60. The first kappa shape index (κ1) is 14.5. The number of methoxy groups -OCH3 is 1. The summed E-state index contributed by atoms with van der Waals surface area (Å²) in [4.78, 5) is 19.9. The first-order valence-electron chi connectivity index (χ1n) is 6.72. The number of nitrogens with zero attached hydrogens (tertiary/aromatic N) is 2. The molecule has 0 aliphatic heterocycles. The van der Waals surface area contributed by atoms with Gasteiger partial charge in [0, 0.05) is 32.0 Å². The van der Waals surface area contributed by atoms with Crippen molar-refractivity contribution in [2.75, 3.05) is 27.3 Å². The van der Waals surface area contributed by atoms with E-state index in [0.29, 0.717) is 6.61 Å². The first-order chi connectivity index (χ1) is 9.09. The van der Waals surface area contributed by atoms with Gasteiger partial charge in [-0.15, -0.1) is 11.3 Å². The SMILES string of the molecule is COCC1(C(=O)N(C)CCc2scnc2C)CCC1. The average molecular weight is 282 g/mol. The standard InChI is InChI=1S/C14H22N2O2S/c1-11-12(19-10-15-11)5-8-16(2)13(17)14(9-18-3)6-4-7-14/h10H,4-9H2,1-3H3. The molecule has 19 heavy (non-hydrogen) atoms. The van der Waals surface area contributed by atoms with E-state index in [-0.39, 0.29) is 11.3 Å². The molecule has 0 radical (unpaired) electrons. The van der Waals surface area contributed by atoms with Gasteiger partial charge in [0.15, 0.2) is 0 Å². The van der Waals surface area contributed by atoms with Gasteiger partial charge in [-0.1, -0.05) is 6.42 Å². The van der Waals surface area contributed by atoms with Crippen molar-refractivity contribution >= 4 is 17.2 Å². The number of rotatable bonds is 6. The zero-order valence-electron chi connectivity index (χ0n) is 11.9. The second kappa shape index (κ2) is 6.01. The van der Waals surface area contributed by atoms with Crippen molar-refractivity contribution in [2.45, 2.75) is 32.6 Å². The Balaban J connectivity index is 1.90. The smallest absolute Gasteiger partial charge is 0.230 e. The fraction of sp³-hybridized carbons (Fsp3) is 0.714. The van der Waals surface area contributed by atoms with Crippen LogP contribution in [0.3, 0.4) is 0 Å². The quantitative estimate of drug-likeness (QED) is 0.804. The van der Waals surface area contributed by atoms with Crippen LogP contribution in [0, 0.1) is 12.3 Å². The van der Waals surface area contributed by atoms with E-state index < -0.39 is 0 Å². The van der Waals surface area contributed by atoms with Gasteiger partial charge in [-0.05, 0) is 19.8 Å². The van der Waals surface area contributed by atoms with Gasteiger partial charge in [0.25, 0.3) is 0 Å². The molecule has 0 saturated heterocycles. The molecule has 1 saturated carbocycles. The van der Waals surface area contributed by atoms with E-state index in [2.05, 4.69) is 4.98 Å². The maximum Gasteiger partial charge on any atom is 0.230 e. The van der Waals surface area contributed by atoms with Gasteiger partial charge in [-0.2, -0.15) is 0 Å². The number of carbonyl (C=O) groups is 1. The van der Waals surface area contributed by atoms with Gasteiger partial charge in [0.1, 0.15) is 0 Å². The molecule has 0 spiro atoms. The molecule has 0 atom stereocenters. The second-order valence-electron chi connectivity index (χ2n) is 5.40. The zero-order chi connectivity index (χ0) is 13.9. The highest BCUT2D eigenvalue weighted by Crippen LogP contribution is 2.42. The minimum absolute atomic E-state index is 0.239. The van der Waals surface area contributed by atoms with Crippen LogP contribution in [0.15, 0.2) is 5.51 Å². The van der Waals surface area contributed by atoms with Gasteiger partial charge in [0.2, 0.25) is 5.91 Å². The van der Waals surface area contributed by atoms with Crippen LogP contribution in [-0.4, -0.2) is 43.1 Å². The Kier molecular flexibility index (Phi) is 4.58. The summed E-state index contributed by atoms with van der Waals surface area (Å²) in [7, 11) is 3.57. The largest absolute Gasteiger partial charge is 0.384 e. The predicted molar refractivity (Wildman–Crippen MR) is 76.4 cm³/mol. The molecule has 1 aromatic heterocycles. The number of aromatic nitrogens is 1. The molecule has 1 heterocycles. The maximum atomic E-state index is 12.5. The van der Waals surface area contributed by atoms with E-state index >= 15 is 0 Å². The molecular weight excluding hydrogens is 260 g/mol. The number of carbonyl (C=O) groups excluding carboxylic acids is 1. The molecule has 106 valence electrons. The number of hydrogen-bond donors (Lipinski definition) is 0. The Morgan fingerprint density at radius 3 is 2.79 bits per heavy atom. The van der Waals surface area contributed by atoms with Crippen molar-refractivity contribution < 1.29 is 9.53 Å². The lowest BCUT2D eigenvalue weighted by molar-refractivity contribution is -0.150. The number of amides is 1. The summed E-state index contributed by atoms with van der Waals surface area (Å²) in [5.41, 5.74) is 2.71. The summed E-state index contributed by atoms with van der Waals surface area (Å²) in [5, 5.41) is 0. The van der Waals surface area contributed by atoms with E-state index in [0.717, 1.165) is 37.9 Å². The molecule has 4 nitrogen and oxygen atoms in total. The molecule has 0 N–H and O–H groups in total. The third-order valence-corrected chi connectivity index (χ3v) is 5.05. The normalized spacial score (nSPS) is 17.0. The molecule has 1 aliphatic carbocycles. The van der Waals surface area contributed by atoms with Crippen LogP contribution >= 0.6 is 11.3 Å². The predicted octanol–water partition coefficient (Wildman–Crippen LogP) is 2.27. The van der Waals surface area contributed by atoms with E-state index in [9.17, 15) is 4.79 Å². The number of aryl methyl sites for hydroxylation is 1. The van der Waals surface area contributed by atoms with Crippen molar-refractivity contribution in [2.24, 2.45) is 5.41 Å². The van der Waals surface area contributed by atoms with Gasteiger partial charge >= 0.3 is 0 Å². The Morgan fingerprint density at radius 2 is 2.32 bits per heavy atom. The number of likely N-dealkylation sites (N-methyl/N-ethyl adjacent to an activating group) is 1. The highest BCUT2D eigenvalue weighted by molar-refractivity contribution is 7.09. The lowest BCUT2D eigenvalue weighted by Gasteiger charge is -2.42. The Bertz CT molecular complexity index is 440. The highest BCUT2D eigenvalue weighted by atomic mass is 32.1. The van der Waals surface area contributed by atoms with Gasteiger partial charge in [-0.25, -0.2) is 4.98 Å². The molecule has 1 aromatic rings. The van der Waals surface area contributed by atoms with Crippen LogP contribution in [-0.2, 0) is 16.0 Å². The second-order valence-corrected chi connectivity index (χ2v) is 6.34. The van der Waals surface area contributed by atoms with Crippen LogP contribution in [0.4, 0.5) is 0 Å². The highest BCUT2D eigenvalue weighted by Gasteiger charge is 2.45. The fourth-order valence-electron chi connectivity index (χ4n) is 2.64. The fourth-order valence-corrected chi connectivity index (χ4v) is 3.41. The van der Waals surface area contributed by atoms with E-state index in [1.807, 2.05) is 24.4 Å². The van der Waals surface area contributed by atoms with Crippen molar-refractivity contribution in [3.05, 3.63) is 16.1 Å². The summed E-state index contributed by atoms with van der Waals surface area (Å²) in [5.74, 6) is 0.239.